The van der Waals surface area contributed by atoms with E-state index in [4.69, 9.17) is 14.0 Å². The average Bonchev–Trinajstić information content (AvgIpc) is 3.52. The van der Waals surface area contributed by atoms with Gasteiger partial charge in [0.05, 0.1) is 29.6 Å². The first-order chi connectivity index (χ1) is 17.7. The molecule has 0 spiro atoms. The van der Waals surface area contributed by atoms with E-state index >= 15 is 0 Å². The molecule has 2 heterocycles. The maximum atomic E-state index is 12.6. The van der Waals surface area contributed by atoms with Gasteiger partial charge in [0, 0.05) is 25.8 Å². The van der Waals surface area contributed by atoms with Gasteiger partial charge in [-0.2, -0.15) is 4.98 Å². The van der Waals surface area contributed by atoms with Crippen molar-refractivity contribution >= 4 is 29.0 Å². The number of aromatic nitrogens is 3. The van der Waals surface area contributed by atoms with E-state index < -0.39 is 12.0 Å². The third kappa shape index (κ3) is 6.77. The number of carbonyl (C=O) groups is 2. The molecule has 1 fully saturated rings. The number of benzene rings is 1. The van der Waals surface area contributed by atoms with Crippen LogP contribution in [0.2, 0.25) is 0 Å². The lowest BCUT2D eigenvalue weighted by molar-refractivity contribution is -0.323. The van der Waals surface area contributed by atoms with Crippen LogP contribution in [0.25, 0.3) is 11.4 Å². The lowest BCUT2D eigenvalue weighted by atomic mass is 10.1. The lowest BCUT2D eigenvalue weighted by Gasteiger charge is -2.19. The number of hydrogen-bond acceptors (Lipinski definition) is 12. The second-order valence-corrected chi connectivity index (χ2v) is 8.36. The Bertz CT molecular complexity index is 1280. The van der Waals surface area contributed by atoms with Gasteiger partial charge in [0.15, 0.2) is 5.75 Å². The predicted molar refractivity (Wildman–Crippen MR) is 127 cm³/mol. The first kappa shape index (κ1) is 26.0. The highest BCUT2D eigenvalue weighted by molar-refractivity contribution is 6.01. The number of nitrogens with zero attached hydrogens (tertiary/aromatic N) is 3. The number of anilines is 3. The maximum absolute atomic E-state index is 12.6. The van der Waals surface area contributed by atoms with E-state index in [0.717, 1.165) is 19.0 Å². The van der Waals surface area contributed by atoms with Crippen LogP contribution in [-0.4, -0.2) is 62.6 Å². The van der Waals surface area contributed by atoms with Crippen LogP contribution in [0.4, 0.5) is 17.2 Å². The minimum Gasteiger partial charge on any atom is -0.494 e. The number of carbonyl (C=O) groups excluding carboxylic acids is 2. The molecule has 0 radical (unpaired) electrons. The molecule has 14 heteroatoms. The van der Waals surface area contributed by atoms with Crippen molar-refractivity contribution in [3.05, 3.63) is 41.9 Å². The molecule has 1 aliphatic carbocycles. The summed E-state index contributed by atoms with van der Waals surface area (Å²) in [6.07, 6.45) is 0.0215. The van der Waals surface area contributed by atoms with Gasteiger partial charge in [0.2, 0.25) is 11.7 Å². The zero-order chi connectivity index (χ0) is 26.6. The Balaban J connectivity index is 1.68. The summed E-state index contributed by atoms with van der Waals surface area (Å²) in [4.78, 5) is 33.3. The number of methoxy groups -OCH3 is 2. The van der Waals surface area contributed by atoms with Gasteiger partial charge in [0.1, 0.15) is 12.4 Å². The molecule has 196 valence electrons. The summed E-state index contributed by atoms with van der Waals surface area (Å²) in [7, 11) is 2.93. The monoisotopic (exact) mass is 514 g/mol. The van der Waals surface area contributed by atoms with Crippen molar-refractivity contribution in [1.29, 1.82) is 0 Å². The Morgan fingerprint density at radius 3 is 2.65 bits per heavy atom. The van der Waals surface area contributed by atoms with Crippen LogP contribution in [0.5, 0.6) is 5.75 Å². The number of rotatable bonds is 11. The van der Waals surface area contributed by atoms with E-state index in [9.17, 15) is 24.9 Å². The topological polar surface area (TPSA) is 201 Å². The molecule has 0 atom stereocenters. The molecule has 1 saturated carbocycles. The van der Waals surface area contributed by atoms with Crippen molar-refractivity contribution in [2.45, 2.75) is 32.0 Å². The predicted octanol–water partition coefficient (Wildman–Crippen LogP) is 1.09. The normalized spacial score (nSPS) is 13.2. The van der Waals surface area contributed by atoms with E-state index in [-0.39, 0.29) is 41.3 Å². The van der Waals surface area contributed by atoms with Gasteiger partial charge in [-0.15, -0.1) is 0 Å². The van der Waals surface area contributed by atoms with Gasteiger partial charge >= 0.3 is 6.10 Å². The van der Waals surface area contributed by atoms with E-state index in [0.29, 0.717) is 29.3 Å². The Morgan fingerprint density at radius 2 is 1.97 bits per heavy atom. The fourth-order valence-corrected chi connectivity index (χ4v) is 3.53. The van der Waals surface area contributed by atoms with Crippen LogP contribution in [0, 0.1) is 5.92 Å². The molecule has 0 unspecified atom stereocenters. The number of ether oxygens (including phenoxy) is 2. The third-order valence-electron chi connectivity index (χ3n) is 5.33. The lowest BCUT2D eigenvalue weighted by Crippen LogP contribution is -2.48. The van der Waals surface area contributed by atoms with Gasteiger partial charge in [-0.25, -0.2) is 4.98 Å². The largest absolute Gasteiger partial charge is 0.494 e. The van der Waals surface area contributed by atoms with Crippen molar-refractivity contribution in [2.24, 2.45) is 5.92 Å². The number of nitrogens with one attached hydrogen (secondary N) is 3. The summed E-state index contributed by atoms with van der Waals surface area (Å²) < 4.78 is 15.7. The highest BCUT2D eigenvalue weighted by Crippen LogP contribution is 2.38. The van der Waals surface area contributed by atoms with Gasteiger partial charge in [-0.05, 0) is 30.9 Å². The molecule has 2 aromatic heterocycles. The molecule has 3 aromatic rings. The number of pyridine rings is 1. The Labute approximate surface area is 210 Å². The standard InChI is InChI=1S/C23H26N6O8/c1-35-11-19-27-21(29-37-19)13-4-3-5-15(20(13)36-2)25-16-9-17(26-18(30)8-12-6-7-12)24-10-14(16)22(31)28-23(32,33)34/h3-5,9-10,12,32-34H,6-8,11H2,1-2H3,(H,28,31)(H2,24,25,26,30). The summed E-state index contributed by atoms with van der Waals surface area (Å²) in [5, 5.41) is 38.9. The van der Waals surface area contributed by atoms with Crippen LogP contribution >= 0.6 is 0 Å². The molecular weight excluding hydrogens is 488 g/mol. The van der Waals surface area contributed by atoms with Gasteiger partial charge < -0.3 is 39.9 Å². The Hall–Kier alpha value is -4.11. The molecule has 4 rings (SSSR count). The van der Waals surface area contributed by atoms with E-state index in [1.807, 2.05) is 0 Å². The second kappa shape index (κ2) is 10.9. The fourth-order valence-electron chi connectivity index (χ4n) is 3.53. The Kier molecular flexibility index (Phi) is 7.63. The Morgan fingerprint density at radius 1 is 1.19 bits per heavy atom. The number of para-hydroxylation sites is 1. The van der Waals surface area contributed by atoms with Crippen molar-refractivity contribution < 1.29 is 38.9 Å². The minimum absolute atomic E-state index is 0.113. The van der Waals surface area contributed by atoms with E-state index in [1.54, 1.807) is 23.5 Å². The fraction of sp³-hybridized carbons (Fsp3) is 0.348. The SMILES string of the molecule is COCc1nc(-c2cccc(Nc3cc(NC(=O)CC4CC4)ncc3C(=O)NC(O)(O)O)c2OC)no1. The highest BCUT2D eigenvalue weighted by atomic mass is 16.7. The zero-order valence-electron chi connectivity index (χ0n) is 20.0. The van der Waals surface area contributed by atoms with Crippen LogP contribution in [0.1, 0.15) is 35.5 Å². The van der Waals surface area contributed by atoms with Crippen molar-refractivity contribution in [3.8, 4) is 17.1 Å². The summed E-state index contributed by atoms with van der Waals surface area (Å²) in [5.74, 6) is 0.0339. The summed E-state index contributed by atoms with van der Waals surface area (Å²) >= 11 is 0. The van der Waals surface area contributed by atoms with Crippen molar-refractivity contribution in [1.82, 2.24) is 20.4 Å². The van der Waals surface area contributed by atoms with Gasteiger partial charge in [0.25, 0.3) is 11.8 Å². The summed E-state index contributed by atoms with van der Waals surface area (Å²) in [6, 6.07) is 6.43. The van der Waals surface area contributed by atoms with Crippen LogP contribution in [-0.2, 0) is 16.1 Å². The molecule has 1 aliphatic rings. The quantitative estimate of drug-likeness (QED) is 0.199. The number of amides is 2. The molecule has 0 saturated heterocycles. The molecule has 1 aromatic carbocycles. The number of aliphatic hydroxyl groups is 3. The minimum atomic E-state index is -3.46. The molecular formula is C23H26N6O8. The van der Waals surface area contributed by atoms with Crippen LogP contribution in [0.15, 0.2) is 35.0 Å². The first-order valence-electron chi connectivity index (χ1n) is 11.2. The first-order valence-corrected chi connectivity index (χ1v) is 11.2. The van der Waals surface area contributed by atoms with Gasteiger partial charge in [-0.1, -0.05) is 11.2 Å². The zero-order valence-corrected chi connectivity index (χ0v) is 20.0. The molecule has 6 N–H and O–H groups in total. The van der Waals surface area contributed by atoms with E-state index in [1.165, 1.54) is 20.3 Å². The van der Waals surface area contributed by atoms with Gasteiger partial charge in [-0.3, -0.25) is 14.9 Å². The number of hydrogen-bond donors (Lipinski definition) is 6. The highest BCUT2D eigenvalue weighted by Gasteiger charge is 2.27. The smallest absolute Gasteiger partial charge is 0.369 e. The van der Waals surface area contributed by atoms with Crippen LogP contribution < -0.4 is 20.7 Å². The maximum Gasteiger partial charge on any atom is 0.369 e. The van der Waals surface area contributed by atoms with Crippen LogP contribution in [0.3, 0.4) is 0 Å². The molecule has 37 heavy (non-hydrogen) atoms. The third-order valence-corrected chi connectivity index (χ3v) is 5.33. The molecule has 14 nitrogen and oxygen atoms in total. The van der Waals surface area contributed by atoms with Crippen molar-refractivity contribution in [2.75, 3.05) is 24.9 Å². The average molecular weight is 514 g/mol. The summed E-state index contributed by atoms with van der Waals surface area (Å²) in [6.45, 7) is 0.125. The molecule has 2 amide bonds. The van der Waals surface area contributed by atoms with E-state index in [2.05, 4.69) is 25.8 Å². The second-order valence-electron chi connectivity index (χ2n) is 8.36. The molecule has 0 bridgehead atoms. The summed E-state index contributed by atoms with van der Waals surface area (Å²) in [5.41, 5.74) is 0.784. The van der Waals surface area contributed by atoms with Crippen molar-refractivity contribution in [3.63, 3.8) is 0 Å². The molecule has 0 aliphatic heterocycles.